The monoisotopic (exact) mass is 414 g/mol. The second kappa shape index (κ2) is 9.17. The highest BCUT2D eigenvalue weighted by Crippen LogP contribution is 2.19. The van der Waals surface area contributed by atoms with Crippen LogP contribution in [0.4, 0.5) is 0 Å². The van der Waals surface area contributed by atoms with E-state index in [4.69, 9.17) is 23.8 Å². The summed E-state index contributed by atoms with van der Waals surface area (Å²) in [5.41, 5.74) is 3.21. The van der Waals surface area contributed by atoms with E-state index < -0.39 is 0 Å². The van der Waals surface area contributed by atoms with Gasteiger partial charge < -0.3 is 5.32 Å². The molecule has 2 aromatic carbocycles. The van der Waals surface area contributed by atoms with E-state index in [0.717, 1.165) is 28.9 Å². The zero-order valence-corrected chi connectivity index (χ0v) is 17.5. The molecule has 0 saturated heterocycles. The molecular weight excluding hydrogens is 392 g/mol. The Bertz CT molecular complexity index is 1030. The minimum absolute atomic E-state index is 0.0135. The molecule has 1 amide bonds. The van der Waals surface area contributed by atoms with Crippen LogP contribution in [0, 0.1) is 11.7 Å². The van der Waals surface area contributed by atoms with E-state index in [1.165, 1.54) is 0 Å². The molecule has 0 aliphatic carbocycles. The molecule has 146 valence electrons. The summed E-state index contributed by atoms with van der Waals surface area (Å²) in [5.74, 6) is 0.723. The van der Waals surface area contributed by atoms with E-state index in [-0.39, 0.29) is 11.9 Å². The zero-order valence-electron chi connectivity index (χ0n) is 15.9. The Kier molecular flexibility index (Phi) is 6.65. The Hall–Kier alpha value is -2.44. The average molecular weight is 415 g/mol. The number of rotatable bonds is 7. The van der Waals surface area contributed by atoms with Gasteiger partial charge in [-0.05, 0) is 56.2 Å². The predicted octanol–water partition coefficient (Wildman–Crippen LogP) is 4.71. The number of H-pyrrole nitrogens is 1. The van der Waals surface area contributed by atoms with E-state index in [2.05, 4.69) is 21.6 Å². The van der Waals surface area contributed by atoms with Gasteiger partial charge in [-0.3, -0.25) is 14.5 Å². The number of benzene rings is 2. The van der Waals surface area contributed by atoms with Gasteiger partial charge >= 0.3 is 0 Å². The smallest absolute Gasteiger partial charge is 0.222 e. The van der Waals surface area contributed by atoms with Crippen LogP contribution in [-0.4, -0.2) is 26.7 Å². The van der Waals surface area contributed by atoms with Crippen molar-refractivity contribution in [1.82, 2.24) is 20.1 Å². The molecule has 1 atom stereocenters. The molecule has 1 aromatic heterocycles. The van der Waals surface area contributed by atoms with Gasteiger partial charge in [0.15, 0.2) is 10.6 Å². The third-order valence-corrected chi connectivity index (χ3v) is 4.98. The van der Waals surface area contributed by atoms with Gasteiger partial charge in [0.25, 0.3) is 0 Å². The molecule has 0 fully saturated rings. The average Bonchev–Trinajstić information content (AvgIpc) is 3.00. The number of nitrogens with zero attached hydrogens (tertiary/aromatic N) is 2. The van der Waals surface area contributed by atoms with E-state index in [9.17, 15) is 4.79 Å². The lowest BCUT2D eigenvalue weighted by Crippen LogP contribution is -2.34. The van der Waals surface area contributed by atoms with Crippen LogP contribution in [0.2, 0.25) is 5.02 Å². The fourth-order valence-electron chi connectivity index (χ4n) is 3.16. The van der Waals surface area contributed by atoms with Crippen LogP contribution in [-0.2, 0) is 17.8 Å². The molecule has 0 saturated carbocycles. The van der Waals surface area contributed by atoms with Crippen LogP contribution in [0.15, 0.2) is 48.5 Å². The molecule has 0 aliphatic heterocycles. The number of carbonyl (C=O) groups is 1. The van der Waals surface area contributed by atoms with E-state index in [1.807, 2.05) is 60.9 Å². The predicted molar refractivity (Wildman–Crippen MR) is 115 cm³/mol. The number of hydrogen-bond donors (Lipinski definition) is 2. The molecule has 3 rings (SSSR count). The number of aromatic amines is 1. The first-order valence-corrected chi connectivity index (χ1v) is 9.97. The highest BCUT2D eigenvalue weighted by molar-refractivity contribution is 7.71. The number of hydrogen-bond acceptors (Lipinski definition) is 3. The summed E-state index contributed by atoms with van der Waals surface area (Å²) in [4.78, 5) is 12.4. The molecular formula is C21H23ClN4OS. The molecule has 0 bridgehead atoms. The van der Waals surface area contributed by atoms with Gasteiger partial charge in [-0.15, -0.1) is 0 Å². The first-order chi connectivity index (χ1) is 13.4. The minimum atomic E-state index is -0.0205. The summed E-state index contributed by atoms with van der Waals surface area (Å²) in [6.45, 7) is 4.48. The number of halogens is 1. The summed E-state index contributed by atoms with van der Waals surface area (Å²) in [6.07, 6.45) is 1.05. The maximum absolute atomic E-state index is 12.4. The van der Waals surface area contributed by atoms with Gasteiger partial charge in [-0.2, -0.15) is 5.10 Å². The Labute approximate surface area is 174 Å². The van der Waals surface area contributed by atoms with Crippen molar-refractivity contribution in [2.24, 2.45) is 0 Å². The summed E-state index contributed by atoms with van der Waals surface area (Å²) in [7, 11) is 0. The lowest BCUT2D eigenvalue weighted by Gasteiger charge is -2.15. The summed E-state index contributed by atoms with van der Waals surface area (Å²) >= 11 is 11.4. The van der Waals surface area contributed by atoms with Crippen molar-refractivity contribution in [1.29, 1.82) is 0 Å². The molecule has 0 unspecified atom stereocenters. The number of amides is 1. The Morgan fingerprint density at radius 1 is 1.29 bits per heavy atom. The molecule has 0 radical (unpaired) electrons. The Balaban J connectivity index is 1.60. The van der Waals surface area contributed by atoms with Crippen LogP contribution in [0.3, 0.4) is 0 Å². The summed E-state index contributed by atoms with van der Waals surface area (Å²) in [5, 5.41) is 10.9. The van der Waals surface area contributed by atoms with Crippen LogP contribution >= 0.6 is 23.8 Å². The number of carbonyl (C=O) groups excluding carboxylic acids is 1. The van der Waals surface area contributed by atoms with Crippen LogP contribution in [0.25, 0.3) is 11.4 Å². The van der Waals surface area contributed by atoms with Gasteiger partial charge in [0.05, 0.1) is 0 Å². The van der Waals surface area contributed by atoms with Crippen LogP contribution in [0.1, 0.15) is 24.5 Å². The third kappa shape index (κ3) is 5.30. The fourth-order valence-corrected chi connectivity index (χ4v) is 3.59. The van der Waals surface area contributed by atoms with Gasteiger partial charge in [-0.1, -0.05) is 47.5 Å². The lowest BCUT2D eigenvalue weighted by atomic mass is 10.1. The van der Waals surface area contributed by atoms with Gasteiger partial charge in [0, 0.05) is 29.6 Å². The minimum Gasteiger partial charge on any atom is -0.353 e. The SMILES string of the molecule is Cc1cccc(-c2n[nH]c(=S)n2CCC(=O)N[C@@H](C)Cc2cccc(Cl)c2)c1. The molecule has 2 N–H and O–H groups in total. The van der Waals surface area contributed by atoms with Gasteiger partial charge in [0.1, 0.15) is 0 Å². The van der Waals surface area contributed by atoms with Crippen molar-refractivity contribution in [2.45, 2.75) is 39.3 Å². The highest BCUT2D eigenvalue weighted by atomic mass is 35.5. The molecule has 28 heavy (non-hydrogen) atoms. The van der Waals surface area contributed by atoms with Gasteiger partial charge in [0.2, 0.25) is 5.91 Å². The lowest BCUT2D eigenvalue weighted by molar-refractivity contribution is -0.121. The van der Waals surface area contributed by atoms with Crippen molar-refractivity contribution in [2.75, 3.05) is 0 Å². The first kappa shape index (κ1) is 20.3. The fraction of sp³-hybridized carbons (Fsp3) is 0.286. The maximum atomic E-state index is 12.4. The van der Waals surface area contributed by atoms with Crippen molar-refractivity contribution in [3.05, 3.63) is 69.5 Å². The molecule has 1 heterocycles. The summed E-state index contributed by atoms with van der Waals surface area (Å²) in [6, 6.07) is 15.8. The van der Waals surface area contributed by atoms with Crippen molar-refractivity contribution >= 4 is 29.7 Å². The van der Waals surface area contributed by atoms with Crippen molar-refractivity contribution in [3.8, 4) is 11.4 Å². The molecule has 0 aliphatic rings. The van der Waals surface area contributed by atoms with Crippen LogP contribution in [0.5, 0.6) is 0 Å². The standard InChI is InChI=1S/C21H23ClN4OS/c1-14-5-3-7-17(11-14)20-24-25-21(28)26(20)10-9-19(27)23-15(2)12-16-6-4-8-18(22)13-16/h3-8,11,13,15H,9-10,12H2,1-2H3,(H,23,27)(H,25,28)/t15-/m0/s1. The second-order valence-electron chi connectivity index (χ2n) is 6.93. The topological polar surface area (TPSA) is 62.7 Å². The van der Waals surface area contributed by atoms with Crippen molar-refractivity contribution in [3.63, 3.8) is 0 Å². The highest BCUT2D eigenvalue weighted by Gasteiger charge is 2.13. The maximum Gasteiger partial charge on any atom is 0.222 e. The molecule has 3 aromatic rings. The normalized spacial score (nSPS) is 12.0. The summed E-state index contributed by atoms with van der Waals surface area (Å²) < 4.78 is 2.38. The quantitative estimate of drug-likeness (QED) is 0.550. The number of aryl methyl sites for hydroxylation is 1. The zero-order chi connectivity index (χ0) is 20.1. The van der Waals surface area contributed by atoms with E-state index in [0.29, 0.717) is 22.8 Å². The largest absolute Gasteiger partial charge is 0.353 e. The number of nitrogens with one attached hydrogen (secondary N) is 2. The second-order valence-corrected chi connectivity index (χ2v) is 7.75. The Morgan fingerprint density at radius 3 is 2.82 bits per heavy atom. The first-order valence-electron chi connectivity index (χ1n) is 9.18. The van der Waals surface area contributed by atoms with E-state index >= 15 is 0 Å². The number of aromatic nitrogens is 3. The third-order valence-electron chi connectivity index (χ3n) is 4.44. The molecule has 0 spiro atoms. The Morgan fingerprint density at radius 2 is 2.07 bits per heavy atom. The van der Waals surface area contributed by atoms with E-state index in [1.54, 1.807) is 0 Å². The molecule has 7 heteroatoms. The van der Waals surface area contributed by atoms with Crippen LogP contribution < -0.4 is 5.32 Å². The van der Waals surface area contributed by atoms with Crippen molar-refractivity contribution < 1.29 is 4.79 Å². The molecule has 5 nitrogen and oxygen atoms in total. The van der Waals surface area contributed by atoms with Gasteiger partial charge in [-0.25, -0.2) is 0 Å².